The fourth-order valence-corrected chi connectivity index (χ4v) is 3.23. The van der Waals surface area contributed by atoms with Gasteiger partial charge in [-0.25, -0.2) is 9.78 Å². The Labute approximate surface area is 173 Å². The number of hydrogen-bond donors (Lipinski definition) is 2. The highest BCUT2D eigenvalue weighted by Crippen LogP contribution is 2.24. The molecule has 0 saturated carbocycles. The summed E-state index contributed by atoms with van der Waals surface area (Å²) >= 11 is 5.91. The Balaban J connectivity index is 1.61. The SMILES string of the molecule is COc1ccc(CC[C@@]2(C)NC(=O)N(CC(=O)Nc3cccnc3Cl)C2=O)cc1. The van der Waals surface area contributed by atoms with Gasteiger partial charge in [0.2, 0.25) is 5.91 Å². The molecule has 0 spiro atoms. The third-order valence-electron chi connectivity index (χ3n) is 4.75. The Morgan fingerprint density at radius 2 is 2.00 bits per heavy atom. The van der Waals surface area contributed by atoms with E-state index in [0.29, 0.717) is 18.5 Å². The van der Waals surface area contributed by atoms with Crippen LogP contribution < -0.4 is 15.4 Å². The average molecular weight is 417 g/mol. The van der Waals surface area contributed by atoms with Crippen molar-refractivity contribution in [3.63, 3.8) is 0 Å². The lowest BCUT2D eigenvalue weighted by molar-refractivity contribution is -0.133. The van der Waals surface area contributed by atoms with E-state index in [9.17, 15) is 14.4 Å². The number of urea groups is 1. The molecule has 2 N–H and O–H groups in total. The maximum absolute atomic E-state index is 12.8. The van der Waals surface area contributed by atoms with E-state index in [1.54, 1.807) is 26.2 Å². The standard InChI is InChI=1S/C20H21ClN4O4/c1-20(10-9-13-5-7-14(29-2)8-6-13)18(27)25(19(28)24-20)12-16(26)23-15-4-3-11-22-17(15)21/h3-8,11H,9-10,12H2,1-2H3,(H,23,26)(H,24,28)/t20-/m1/s1. The van der Waals surface area contributed by atoms with Crippen molar-refractivity contribution in [3.8, 4) is 5.75 Å². The molecule has 29 heavy (non-hydrogen) atoms. The molecule has 0 aliphatic carbocycles. The van der Waals surface area contributed by atoms with Crippen LogP contribution in [0.4, 0.5) is 10.5 Å². The fraction of sp³-hybridized carbons (Fsp3) is 0.300. The minimum absolute atomic E-state index is 0.127. The topological polar surface area (TPSA) is 101 Å². The van der Waals surface area contributed by atoms with Crippen LogP contribution in [-0.2, 0) is 16.0 Å². The van der Waals surface area contributed by atoms with E-state index in [0.717, 1.165) is 16.2 Å². The molecular formula is C20H21ClN4O4. The van der Waals surface area contributed by atoms with Crippen molar-refractivity contribution in [1.82, 2.24) is 15.2 Å². The van der Waals surface area contributed by atoms with Gasteiger partial charge >= 0.3 is 6.03 Å². The number of nitrogens with one attached hydrogen (secondary N) is 2. The molecule has 0 bridgehead atoms. The van der Waals surface area contributed by atoms with Gasteiger partial charge in [0.25, 0.3) is 5.91 Å². The third kappa shape index (κ3) is 4.65. The first kappa shape index (κ1) is 20.6. The van der Waals surface area contributed by atoms with E-state index in [-0.39, 0.29) is 5.15 Å². The Hall–Kier alpha value is -3.13. The average Bonchev–Trinajstić information content (AvgIpc) is 2.92. The van der Waals surface area contributed by atoms with Crippen molar-refractivity contribution >= 4 is 35.1 Å². The Morgan fingerprint density at radius 3 is 2.66 bits per heavy atom. The maximum atomic E-state index is 12.8. The molecule has 3 rings (SSSR count). The number of carbonyl (C=O) groups is 3. The summed E-state index contributed by atoms with van der Waals surface area (Å²) in [6.07, 6.45) is 2.47. The number of methoxy groups -OCH3 is 1. The lowest BCUT2D eigenvalue weighted by Crippen LogP contribution is -2.45. The molecule has 8 nitrogen and oxygen atoms in total. The summed E-state index contributed by atoms with van der Waals surface area (Å²) in [6, 6.07) is 10.1. The molecule has 1 aliphatic heterocycles. The fourth-order valence-electron chi connectivity index (χ4n) is 3.06. The quantitative estimate of drug-likeness (QED) is 0.533. The number of benzene rings is 1. The largest absolute Gasteiger partial charge is 0.497 e. The van der Waals surface area contributed by atoms with Crippen molar-refractivity contribution in [3.05, 3.63) is 53.3 Å². The number of halogens is 1. The van der Waals surface area contributed by atoms with Gasteiger partial charge in [0.1, 0.15) is 17.8 Å². The first-order chi connectivity index (χ1) is 13.8. The van der Waals surface area contributed by atoms with E-state index in [2.05, 4.69) is 15.6 Å². The molecule has 2 aromatic rings. The zero-order valence-electron chi connectivity index (χ0n) is 16.1. The molecule has 0 radical (unpaired) electrons. The second kappa shape index (κ2) is 8.48. The first-order valence-electron chi connectivity index (χ1n) is 9.00. The molecule has 1 aliphatic rings. The summed E-state index contributed by atoms with van der Waals surface area (Å²) in [5, 5.41) is 5.38. The number of amides is 4. The summed E-state index contributed by atoms with van der Waals surface area (Å²) in [5.41, 5.74) is 0.244. The monoisotopic (exact) mass is 416 g/mol. The number of hydrogen-bond acceptors (Lipinski definition) is 5. The Kier molecular flexibility index (Phi) is 6.03. The predicted octanol–water partition coefficient (Wildman–Crippen LogP) is 2.63. The summed E-state index contributed by atoms with van der Waals surface area (Å²) in [7, 11) is 1.59. The van der Waals surface area contributed by atoms with Crippen LogP contribution in [0.3, 0.4) is 0 Å². The minimum Gasteiger partial charge on any atom is -0.497 e. The summed E-state index contributed by atoms with van der Waals surface area (Å²) < 4.78 is 5.13. The molecule has 9 heteroatoms. The lowest BCUT2D eigenvalue weighted by atomic mass is 9.93. The number of anilines is 1. The van der Waals surface area contributed by atoms with Gasteiger partial charge < -0.3 is 15.4 Å². The van der Waals surface area contributed by atoms with Crippen molar-refractivity contribution < 1.29 is 19.1 Å². The summed E-state index contributed by atoms with van der Waals surface area (Å²) in [4.78, 5) is 42.2. The molecule has 1 saturated heterocycles. The van der Waals surface area contributed by atoms with Crippen LogP contribution in [-0.4, -0.2) is 46.9 Å². The van der Waals surface area contributed by atoms with Crippen LogP contribution in [0.25, 0.3) is 0 Å². The number of aryl methyl sites for hydroxylation is 1. The number of aromatic nitrogens is 1. The number of carbonyl (C=O) groups excluding carboxylic acids is 3. The van der Waals surface area contributed by atoms with Gasteiger partial charge in [-0.15, -0.1) is 0 Å². The van der Waals surface area contributed by atoms with E-state index in [4.69, 9.17) is 16.3 Å². The van der Waals surface area contributed by atoms with E-state index >= 15 is 0 Å². The molecule has 1 atom stereocenters. The van der Waals surface area contributed by atoms with Crippen LogP contribution in [0.5, 0.6) is 5.75 Å². The van der Waals surface area contributed by atoms with Crippen molar-refractivity contribution in [2.75, 3.05) is 19.0 Å². The van der Waals surface area contributed by atoms with Gasteiger partial charge in [-0.2, -0.15) is 0 Å². The van der Waals surface area contributed by atoms with Gasteiger partial charge in [0, 0.05) is 6.20 Å². The van der Waals surface area contributed by atoms with E-state index in [1.807, 2.05) is 24.3 Å². The van der Waals surface area contributed by atoms with Crippen LogP contribution in [0, 0.1) is 0 Å². The highest BCUT2D eigenvalue weighted by molar-refractivity contribution is 6.32. The zero-order chi connectivity index (χ0) is 21.0. The normalized spacial score (nSPS) is 18.5. The number of imide groups is 1. The number of ether oxygens (including phenoxy) is 1. The van der Waals surface area contributed by atoms with E-state index < -0.39 is 29.9 Å². The van der Waals surface area contributed by atoms with Gasteiger partial charge in [-0.3, -0.25) is 14.5 Å². The minimum atomic E-state index is -1.08. The number of rotatable bonds is 7. The van der Waals surface area contributed by atoms with Crippen LogP contribution >= 0.6 is 11.6 Å². The van der Waals surface area contributed by atoms with Gasteiger partial charge in [0.05, 0.1) is 12.8 Å². The van der Waals surface area contributed by atoms with E-state index in [1.165, 1.54) is 6.20 Å². The van der Waals surface area contributed by atoms with Gasteiger partial charge in [-0.1, -0.05) is 23.7 Å². The molecule has 2 heterocycles. The molecule has 1 aromatic carbocycles. The highest BCUT2D eigenvalue weighted by Gasteiger charge is 2.47. The smallest absolute Gasteiger partial charge is 0.325 e. The predicted molar refractivity (Wildman–Crippen MR) is 108 cm³/mol. The zero-order valence-corrected chi connectivity index (χ0v) is 16.8. The van der Waals surface area contributed by atoms with Crippen molar-refractivity contribution in [2.45, 2.75) is 25.3 Å². The second-order valence-corrected chi connectivity index (χ2v) is 7.25. The lowest BCUT2D eigenvalue weighted by Gasteiger charge is -2.21. The van der Waals surface area contributed by atoms with Crippen LogP contribution in [0.2, 0.25) is 5.15 Å². The molecule has 1 fully saturated rings. The molecule has 0 unspecified atom stereocenters. The molecule has 1 aromatic heterocycles. The number of pyridine rings is 1. The van der Waals surface area contributed by atoms with Crippen LogP contribution in [0.15, 0.2) is 42.6 Å². The van der Waals surface area contributed by atoms with Gasteiger partial charge in [0.15, 0.2) is 5.15 Å². The summed E-state index contributed by atoms with van der Waals surface area (Å²) in [6.45, 7) is 1.25. The summed E-state index contributed by atoms with van der Waals surface area (Å²) in [5.74, 6) is -0.234. The number of nitrogens with zero attached hydrogens (tertiary/aromatic N) is 2. The first-order valence-corrected chi connectivity index (χ1v) is 9.37. The second-order valence-electron chi connectivity index (χ2n) is 6.89. The highest BCUT2D eigenvalue weighted by atomic mass is 35.5. The molecular weight excluding hydrogens is 396 g/mol. The Morgan fingerprint density at radius 1 is 1.28 bits per heavy atom. The third-order valence-corrected chi connectivity index (χ3v) is 5.05. The maximum Gasteiger partial charge on any atom is 0.325 e. The molecule has 152 valence electrons. The van der Waals surface area contributed by atoms with Crippen LogP contribution in [0.1, 0.15) is 18.9 Å². The molecule has 4 amide bonds. The van der Waals surface area contributed by atoms with Gasteiger partial charge in [-0.05, 0) is 49.6 Å². The van der Waals surface area contributed by atoms with Crippen molar-refractivity contribution in [2.24, 2.45) is 0 Å². The van der Waals surface area contributed by atoms with Crippen molar-refractivity contribution in [1.29, 1.82) is 0 Å². The Bertz CT molecular complexity index is 934.